The van der Waals surface area contributed by atoms with Gasteiger partial charge in [-0.3, -0.25) is 4.79 Å². The summed E-state index contributed by atoms with van der Waals surface area (Å²) in [7, 11) is 2.82. The summed E-state index contributed by atoms with van der Waals surface area (Å²) in [6.07, 6.45) is 4.53. The van der Waals surface area contributed by atoms with Crippen LogP contribution < -0.4 is 14.8 Å². The number of ether oxygens (including phenoxy) is 2. The molecule has 0 fully saturated rings. The third-order valence-electron chi connectivity index (χ3n) is 3.66. The first-order valence-electron chi connectivity index (χ1n) is 7.96. The van der Waals surface area contributed by atoms with Crippen molar-refractivity contribution in [2.75, 3.05) is 14.2 Å². The van der Waals surface area contributed by atoms with Crippen molar-refractivity contribution >= 4 is 12.0 Å². The zero-order valence-corrected chi connectivity index (χ0v) is 15.1. The van der Waals surface area contributed by atoms with Crippen LogP contribution in [0.2, 0.25) is 0 Å². The molecule has 2 aromatic rings. The van der Waals surface area contributed by atoms with Crippen LogP contribution in [0.15, 0.2) is 48.2 Å². The van der Waals surface area contributed by atoms with E-state index in [1.165, 1.54) is 38.5 Å². The first-order chi connectivity index (χ1) is 13.4. The van der Waals surface area contributed by atoms with E-state index < -0.39 is 11.7 Å². The molecular formula is C20H18N2O6. The number of allylic oxidation sites excluding steroid dienone is 3. The normalized spacial score (nSPS) is 11.1. The Kier molecular flexibility index (Phi) is 6.49. The van der Waals surface area contributed by atoms with Crippen LogP contribution in [-0.4, -0.2) is 35.4 Å². The van der Waals surface area contributed by atoms with Gasteiger partial charge in [0.15, 0.2) is 23.0 Å². The number of nitriles is 1. The molecule has 0 radical (unpaired) electrons. The van der Waals surface area contributed by atoms with E-state index in [1.54, 1.807) is 18.2 Å². The van der Waals surface area contributed by atoms with Gasteiger partial charge in [-0.1, -0.05) is 12.2 Å². The molecule has 0 atom stereocenters. The van der Waals surface area contributed by atoms with Crippen molar-refractivity contribution in [3.8, 4) is 34.8 Å². The van der Waals surface area contributed by atoms with Crippen molar-refractivity contribution in [1.29, 1.82) is 5.26 Å². The molecule has 0 aliphatic carbocycles. The lowest BCUT2D eigenvalue weighted by atomic mass is 10.1. The van der Waals surface area contributed by atoms with Gasteiger partial charge in [0.2, 0.25) is 5.75 Å². The highest BCUT2D eigenvalue weighted by Crippen LogP contribution is 2.37. The molecule has 0 unspecified atom stereocenters. The molecule has 28 heavy (non-hydrogen) atoms. The van der Waals surface area contributed by atoms with E-state index in [4.69, 9.17) is 9.47 Å². The van der Waals surface area contributed by atoms with Crippen LogP contribution in [0, 0.1) is 11.3 Å². The maximum atomic E-state index is 12.1. The monoisotopic (exact) mass is 382 g/mol. The SMILES string of the molecule is COc1cc(/C=C/C=C(\C#N)NC(=O)c2ccc(O)c(O)c2)cc(OC)c1O. The van der Waals surface area contributed by atoms with E-state index in [9.17, 15) is 25.4 Å². The first-order valence-corrected chi connectivity index (χ1v) is 7.96. The van der Waals surface area contributed by atoms with Gasteiger partial charge < -0.3 is 30.1 Å². The summed E-state index contributed by atoms with van der Waals surface area (Å²) in [5.41, 5.74) is 0.676. The number of aromatic hydroxyl groups is 3. The van der Waals surface area contributed by atoms with Crippen LogP contribution in [0.4, 0.5) is 0 Å². The molecule has 2 rings (SSSR count). The molecular weight excluding hydrogens is 364 g/mol. The van der Waals surface area contributed by atoms with E-state index in [2.05, 4.69) is 5.32 Å². The smallest absolute Gasteiger partial charge is 0.256 e. The van der Waals surface area contributed by atoms with E-state index in [0.717, 1.165) is 6.07 Å². The minimum atomic E-state index is -0.621. The Balaban J connectivity index is 2.18. The number of hydrogen-bond acceptors (Lipinski definition) is 7. The number of benzene rings is 2. The summed E-state index contributed by atoms with van der Waals surface area (Å²) >= 11 is 0. The van der Waals surface area contributed by atoms with Gasteiger partial charge in [-0.25, -0.2) is 0 Å². The van der Waals surface area contributed by atoms with Gasteiger partial charge in [-0.05, 0) is 42.0 Å². The predicted molar refractivity (Wildman–Crippen MR) is 101 cm³/mol. The zero-order chi connectivity index (χ0) is 20.7. The molecule has 144 valence electrons. The topological polar surface area (TPSA) is 132 Å². The van der Waals surface area contributed by atoms with Gasteiger partial charge in [-0.2, -0.15) is 5.26 Å². The Bertz CT molecular complexity index is 964. The molecule has 0 bridgehead atoms. The molecule has 0 aliphatic heterocycles. The number of carbonyl (C=O) groups excluding carboxylic acids is 1. The standard InChI is InChI=1S/C20H18N2O6/c1-27-17-8-12(9-18(28-2)19(17)25)4-3-5-14(11-21)22-20(26)13-6-7-15(23)16(24)10-13/h3-10,23-25H,1-2H3,(H,22,26)/b4-3+,14-5+. The minimum Gasteiger partial charge on any atom is -0.504 e. The number of rotatable bonds is 6. The van der Waals surface area contributed by atoms with Gasteiger partial charge in [0.25, 0.3) is 5.91 Å². The van der Waals surface area contributed by atoms with Gasteiger partial charge in [0.1, 0.15) is 11.8 Å². The van der Waals surface area contributed by atoms with Crippen LogP contribution in [0.25, 0.3) is 6.08 Å². The fourth-order valence-corrected chi connectivity index (χ4v) is 2.23. The molecule has 0 aliphatic rings. The fraction of sp³-hybridized carbons (Fsp3) is 0.100. The number of methoxy groups -OCH3 is 2. The number of carbonyl (C=O) groups is 1. The van der Waals surface area contributed by atoms with Crippen LogP contribution >= 0.6 is 0 Å². The Hall–Kier alpha value is -4.12. The Morgan fingerprint density at radius 3 is 2.25 bits per heavy atom. The summed E-state index contributed by atoms with van der Waals surface area (Å²) in [6, 6.07) is 8.57. The van der Waals surface area contributed by atoms with Crippen molar-refractivity contribution in [3.05, 3.63) is 59.3 Å². The second-order valence-corrected chi connectivity index (χ2v) is 5.48. The number of phenolic OH excluding ortho intramolecular Hbond substituents is 3. The fourth-order valence-electron chi connectivity index (χ4n) is 2.23. The minimum absolute atomic E-state index is 0.0356. The second kappa shape index (κ2) is 9.00. The van der Waals surface area contributed by atoms with Gasteiger partial charge in [0.05, 0.1) is 14.2 Å². The summed E-state index contributed by atoms with van der Waals surface area (Å²) < 4.78 is 10.1. The van der Waals surface area contributed by atoms with Crippen LogP contribution in [0.3, 0.4) is 0 Å². The van der Waals surface area contributed by atoms with Crippen LogP contribution in [-0.2, 0) is 0 Å². The van der Waals surface area contributed by atoms with E-state index in [0.29, 0.717) is 5.56 Å². The number of nitrogens with zero attached hydrogens (tertiary/aromatic N) is 1. The molecule has 8 nitrogen and oxygen atoms in total. The highest BCUT2D eigenvalue weighted by atomic mass is 16.5. The predicted octanol–water partition coefficient (Wildman–Crippen LogP) is 2.67. The van der Waals surface area contributed by atoms with E-state index in [1.807, 2.05) is 6.07 Å². The van der Waals surface area contributed by atoms with Crippen molar-refractivity contribution in [1.82, 2.24) is 5.32 Å². The van der Waals surface area contributed by atoms with Gasteiger partial charge in [-0.15, -0.1) is 0 Å². The lowest BCUT2D eigenvalue weighted by molar-refractivity contribution is 0.0967. The summed E-state index contributed by atoms with van der Waals surface area (Å²) in [5.74, 6) is -1.09. The molecule has 4 N–H and O–H groups in total. The van der Waals surface area contributed by atoms with Crippen molar-refractivity contribution in [3.63, 3.8) is 0 Å². The molecule has 0 saturated heterocycles. The molecule has 2 aromatic carbocycles. The molecule has 0 heterocycles. The number of nitrogens with one attached hydrogen (secondary N) is 1. The summed E-state index contributed by atoms with van der Waals surface area (Å²) in [6.45, 7) is 0. The zero-order valence-electron chi connectivity index (χ0n) is 15.1. The molecule has 0 spiro atoms. The Labute approximate surface area is 161 Å². The number of phenols is 3. The van der Waals surface area contributed by atoms with Crippen LogP contribution in [0.1, 0.15) is 15.9 Å². The summed E-state index contributed by atoms with van der Waals surface area (Å²) in [5, 5.41) is 40.2. The number of hydrogen-bond donors (Lipinski definition) is 4. The lowest BCUT2D eigenvalue weighted by Crippen LogP contribution is -2.21. The largest absolute Gasteiger partial charge is 0.504 e. The molecule has 8 heteroatoms. The van der Waals surface area contributed by atoms with Gasteiger partial charge in [0, 0.05) is 5.56 Å². The summed E-state index contributed by atoms with van der Waals surface area (Å²) in [4.78, 5) is 12.1. The lowest BCUT2D eigenvalue weighted by Gasteiger charge is -2.09. The average molecular weight is 382 g/mol. The van der Waals surface area contributed by atoms with E-state index in [-0.39, 0.29) is 34.3 Å². The van der Waals surface area contributed by atoms with Crippen molar-refractivity contribution in [2.45, 2.75) is 0 Å². The third-order valence-corrected chi connectivity index (χ3v) is 3.66. The maximum Gasteiger partial charge on any atom is 0.256 e. The first kappa shape index (κ1) is 20.2. The third kappa shape index (κ3) is 4.74. The molecule has 0 saturated carbocycles. The van der Waals surface area contributed by atoms with Crippen molar-refractivity contribution in [2.24, 2.45) is 0 Å². The highest BCUT2D eigenvalue weighted by molar-refractivity contribution is 5.96. The maximum absolute atomic E-state index is 12.1. The Morgan fingerprint density at radius 2 is 1.71 bits per heavy atom. The number of amides is 1. The van der Waals surface area contributed by atoms with Crippen LogP contribution in [0.5, 0.6) is 28.7 Å². The quantitative estimate of drug-likeness (QED) is 0.343. The molecule has 1 amide bonds. The van der Waals surface area contributed by atoms with Gasteiger partial charge >= 0.3 is 0 Å². The molecule has 0 aromatic heterocycles. The Morgan fingerprint density at radius 1 is 1.07 bits per heavy atom. The van der Waals surface area contributed by atoms with Crippen molar-refractivity contribution < 1.29 is 29.6 Å². The second-order valence-electron chi connectivity index (χ2n) is 5.48. The average Bonchev–Trinajstić information content (AvgIpc) is 2.69. The van der Waals surface area contributed by atoms with E-state index >= 15 is 0 Å². The highest BCUT2D eigenvalue weighted by Gasteiger charge is 2.11.